The molecule has 1 aromatic rings. The quantitative estimate of drug-likeness (QED) is 0.813. The number of rotatable bonds is 5. The molecule has 0 atom stereocenters. The Morgan fingerprint density at radius 1 is 1.33 bits per heavy atom. The van der Waals surface area contributed by atoms with Crippen LogP contribution in [-0.2, 0) is 11.3 Å². The van der Waals surface area contributed by atoms with E-state index in [4.69, 9.17) is 23.7 Å². The van der Waals surface area contributed by atoms with Crippen LogP contribution in [-0.4, -0.2) is 28.9 Å². The van der Waals surface area contributed by atoms with E-state index in [1.54, 1.807) is 0 Å². The molecule has 0 spiro atoms. The highest BCUT2D eigenvalue weighted by Crippen LogP contribution is 2.22. The number of hydrogen-bond acceptors (Lipinski definition) is 3. The minimum absolute atomic E-state index is 0.183. The zero-order valence-electron chi connectivity index (χ0n) is 12.5. The van der Waals surface area contributed by atoms with Crippen LogP contribution in [0.1, 0.15) is 36.0 Å². The van der Waals surface area contributed by atoms with Crippen molar-refractivity contribution >= 4 is 23.1 Å². The molecule has 4 nitrogen and oxygen atoms in total. The van der Waals surface area contributed by atoms with E-state index >= 15 is 0 Å². The van der Waals surface area contributed by atoms with E-state index < -0.39 is 0 Å². The summed E-state index contributed by atoms with van der Waals surface area (Å²) in [6, 6.07) is 6.15. The number of nitrogens with zero attached hydrogens (tertiary/aromatic N) is 1. The third kappa shape index (κ3) is 4.51. The molecule has 4 N–H and O–H groups in total. The Morgan fingerprint density at radius 2 is 2.00 bits per heavy atom. The number of amides is 1. The number of piperidine rings is 1. The van der Waals surface area contributed by atoms with Gasteiger partial charge in [-0.05, 0) is 56.0 Å². The molecule has 2 rings (SSSR count). The highest BCUT2D eigenvalue weighted by atomic mass is 32.1. The second-order valence-electron chi connectivity index (χ2n) is 5.90. The molecule has 1 saturated heterocycles. The molecule has 0 aromatic heterocycles. The first kappa shape index (κ1) is 15.9. The summed E-state index contributed by atoms with van der Waals surface area (Å²) in [7, 11) is 0. The maximum Gasteiger partial charge on any atom is 0.217 e. The first-order chi connectivity index (χ1) is 9.95. The average molecular weight is 305 g/mol. The van der Waals surface area contributed by atoms with Crippen LogP contribution in [0.3, 0.4) is 0 Å². The number of aryl methyl sites for hydroxylation is 1. The van der Waals surface area contributed by atoms with Crippen LogP contribution in [0.5, 0.6) is 0 Å². The highest BCUT2D eigenvalue weighted by Gasteiger charge is 2.21. The molecule has 1 aliphatic rings. The van der Waals surface area contributed by atoms with Gasteiger partial charge in [-0.1, -0.05) is 24.4 Å². The number of carbonyl (C=O) groups is 1. The number of nitrogens with two attached hydrogens (primary N) is 2. The van der Waals surface area contributed by atoms with Crippen molar-refractivity contribution in [2.45, 2.75) is 32.7 Å². The topological polar surface area (TPSA) is 72.3 Å². The van der Waals surface area contributed by atoms with Gasteiger partial charge in [-0.2, -0.15) is 0 Å². The molecule has 5 heteroatoms. The first-order valence-electron chi connectivity index (χ1n) is 7.35. The van der Waals surface area contributed by atoms with Crippen LogP contribution in [0, 0.1) is 12.8 Å². The van der Waals surface area contributed by atoms with Crippen molar-refractivity contribution in [2.75, 3.05) is 13.1 Å². The molecule has 0 saturated carbocycles. The van der Waals surface area contributed by atoms with Crippen molar-refractivity contribution in [2.24, 2.45) is 17.4 Å². The third-order valence-electron chi connectivity index (χ3n) is 4.22. The van der Waals surface area contributed by atoms with Crippen LogP contribution in [0.4, 0.5) is 0 Å². The summed E-state index contributed by atoms with van der Waals surface area (Å²) in [4.78, 5) is 13.8. The van der Waals surface area contributed by atoms with Crippen molar-refractivity contribution in [3.05, 3.63) is 34.9 Å². The summed E-state index contributed by atoms with van der Waals surface area (Å²) in [5.74, 6) is 0.273. The first-order valence-corrected chi connectivity index (χ1v) is 7.76. The molecule has 1 aromatic carbocycles. The van der Waals surface area contributed by atoms with Crippen molar-refractivity contribution in [1.82, 2.24) is 4.90 Å². The summed E-state index contributed by atoms with van der Waals surface area (Å²) < 4.78 is 0. The summed E-state index contributed by atoms with van der Waals surface area (Å²) in [6.07, 6.45) is 2.62. The van der Waals surface area contributed by atoms with E-state index in [2.05, 4.69) is 24.0 Å². The van der Waals surface area contributed by atoms with Crippen molar-refractivity contribution in [3.8, 4) is 0 Å². The normalized spacial score (nSPS) is 16.8. The Hall–Kier alpha value is -1.46. The van der Waals surface area contributed by atoms with Crippen molar-refractivity contribution in [1.29, 1.82) is 0 Å². The summed E-state index contributed by atoms with van der Waals surface area (Å²) in [5.41, 5.74) is 14.4. The Balaban J connectivity index is 1.91. The average Bonchev–Trinajstić information content (AvgIpc) is 2.42. The van der Waals surface area contributed by atoms with E-state index in [1.165, 1.54) is 11.1 Å². The molecule has 0 radical (unpaired) electrons. The standard InChI is InChI=1S/C16H23N3OS/c1-11-8-13(16(18)21)2-3-14(11)10-19-6-4-12(5-7-19)9-15(17)20/h2-3,8,12H,4-7,9-10H2,1H3,(H2,17,20)(H2,18,21). The maximum atomic E-state index is 11.0. The lowest BCUT2D eigenvalue weighted by atomic mass is 9.93. The number of primary amides is 1. The zero-order chi connectivity index (χ0) is 15.4. The van der Waals surface area contributed by atoms with E-state index in [9.17, 15) is 4.79 Å². The van der Waals surface area contributed by atoms with Crippen LogP contribution in [0.15, 0.2) is 18.2 Å². The lowest BCUT2D eigenvalue weighted by Gasteiger charge is -2.31. The Kier molecular flexibility index (Phi) is 5.31. The molecule has 21 heavy (non-hydrogen) atoms. The van der Waals surface area contributed by atoms with Crippen LogP contribution in [0.25, 0.3) is 0 Å². The van der Waals surface area contributed by atoms with Gasteiger partial charge in [0.05, 0.1) is 0 Å². The molecular formula is C16H23N3OS. The van der Waals surface area contributed by atoms with Crippen LogP contribution >= 0.6 is 12.2 Å². The SMILES string of the molecule is Cc1cc(C(N)=S)ccc1CN1CCC(CC(N)=O)CC1. The molecule has 0 aliphatic carbocycles. The van der Waals surface area contributed by atoms with Gasteiger partial charge in [-0.3, -0.25) is 9.69 Å². The molecule has 1 heterocycles. The number of thiocarbonyl (C=S) groups is 1. The van der Waals surface area contributed by atoms with E-state index in [0.717, 1.165) is 38.0 Å². The second kappa shape index (κ2) is 7.00. The molecule has 114 valence electrons. The molecular weight excluding hydrogens is 282 g/mol. The summed E-state index contributed by atoms with van der Waals surface area (Å²) in [6.45, 7) is 5.08. The van der Waals surface area contributed by atoms with Gasteiger partial charge in [0.1, 0.15) is 4.99 Å². The number of carbonyl (C=O) groups excluding carboxylic acids is 1. The summed E-state index contributed by atoms with van der Waals surface area (Å²) >= 11 is 5.00. The van der Waals surface area contributed by atoms with E-state index in [0.29, 0.717) is 17.3 Å². The van der Waals surface area contributed by atoms with Crippen molar-refractivity contribution < 1.29 is 4.79 Å². The van der Waals surface area contributed by atoms with Crippen LogP contribution < -0.4 is 11.5 Å². The smallest absolute Gasteiger partial charge is 0.217 e. The monoisotopic (exact) mass is 305 g/mol. The number of hydrogen-bond donors (Lipinski definition) is 2. The largest absolute Gasteiger partial charge is 0.389 e. The van der Waals surface area contributed by atoms with Gasteiger partial charge in [0.25, 0.3) is 0 Å². The fourth-order valence-corrected chi connectivity index (χ4v) is 3.03. The van der Waals surface area contributed by atoms with E-state index in [1.807, 2.05) is 6.07 Å². The lowest BCUT2D eigenvalue weighted by Crippen LogP contribution is -2.34. The number of likely N-dealkylation sites (tertiary alicyclic amines) is 1. The highest BCUT2D eigenvalue weighted by molar-refractivity contribution is 7.80. The fraction of sp³-hybridized carbons (Fsp3) is 0.500. The number of benzene rings is 1. The van der Waals surface area contributed by atoms with Gasteiger partial charge < -0.3 is 11.5 Å². The lowest BCUT2D eigenvalue weighted by molar-refractivity contribution is -0.119. The van der Waals surface area contributed by atoms with Crippen LogP contribution in [0.2, 0.25) is 0 Å². The molecule has 1 fully saturated rings. The molecule has 0 unspecified atom stereocenters. The molecule has 0 bridgehead atoms. The minimum Gasteiger partial charge on any atom is -0.389 e. The summed E-state index contributed by atoms with van der Waals surface area (Å²) in [5, 5.41) is 0. The predicted octanol–water partition coefficient (Wildman–Crippen LogP) is 1.72. The van der Waals surface area contributed by atoms with Gasteiger partial charge in [-0.25, -0.2) is 0 Å². The third-order valence-corrected chi connectivity index (χ3v) is 4.45. The Bertz CT molecular complexity index is 536. The predicted molar refractivity (Wildman–Crippen MR) is 88.9 cm³/mol. The zero-order valence-corrected chi connectivity index (χ0v) is 13.3. The van der Waals surface area contributed by atoms with Gasteiger partial charge in [0.15, 0.2) is 0 Å². The fourth-order valence-electron chi connectivity index (χ4n) is 2.90. The van der Waals surface area contributed by atoms with E-state index in [-0.39, 0.29) is 5.91 Å². The Labute approximate surface area is 131 Å². The Morgan fingerprint density at radius 3 is 2.52 bits per heavy atom. The molecule has 1 aliphatic heterocycles. The van der Waals surface area contributed by atoms with Gasteiger partial charge in [0.2, 0.25) is 5.91 Å². The van der Waals surface area contributed by atoms with Crippen molar-refractivity contribution in [3.63, 3.8) is 0 Å². The van der Waals surface area contributed by atoms with Gasteiger partial charge in [0, 0.05) is 18.5 Å². The van der Waals surface area contributed by atoms with Gasteiger partial charge in [-0.15, -0.1) is 0 Å². The maximum absolute atomic E-state index is 11.0. The van der Waals surface area contributed by atoms with Gasteiger partial charge >= 0.3 is 0 Å². The second-order valence-corrected chi connectivity index (χ2v) is 6.34. The molecule has 1 amide bonds. The minimum atomic E-state index is -0.183.